The summed E-state index contributed by atoms with van der Waals surface area (Å²) in [6, 6.07) is 9.38. The average molecular weight is 234 g/mol. The van der Waals surface area contributed by atoms with E-state index in [2.05, 4.69) is 29.6 Å². The lowest BCUT2D eigenvalue weighted by molar-refractivity contribution is 0.202. The number of ether oxygens (including phenoxy) is 1. The van der Waals surface area contributed by atoms with Crippen LogP contribution < -0.4 is 11.1 Å². The highest BCUT2D eigenvalue weighted by Gasteiger charge is 2.21. The highest BCUT2D eigenvalue weighted by molar-refractivity contribution is 5.52. The van der Waals surface area contributed by atoms with Crippen molar-refractivity contribution < 1.29 is 4.74 Å². The quantitative estimate of drug-likeness (QED) is 0.821. The monoisotopic (exact) mass is 234 g/mol. The molecular weight excluding hydrogens is 212 g/mol. The van der Waals surface area contributed by atoms with Crippen molar-refractivity contribution in [3.05, 3.63) is 29.8 Å². The molecule has 2 atom stereocenters. The smallest absolute Gasteiger partial charge is 0.0503 e. The fourth-order valence-electron chi connectivity index (χ4n) is 2.46. The van der Waals surface area contributed by atoms with Gasteiger partial charge in [0.1, 0.15) is 0 Å². The summed E-state index contributed by atoms with van der Waals surface area (Å²) in [6.45, 7) is 0.767. The number of para-hydroxylation sites is 1. The summed E-state index contributed by atoms with van der Waals surface area (Å²) in [6.07, 6.45) is 4.36. The predicted molar refractivity (Wildman–Crippen MR) is 71.3 cm³/mol. The van der Waals surface area contributed by atoms with Gasteiger partial charge in [-0.25, -0.2) is 0 Å². The summed E-state index contributed by atoms with van der Waals surface area (Å²) in [5.41, 5.74) is 8.51. The highest BCUT2D eigenvalue weighted by Crippen LogP contribution is 2.24. The van der Waals surface area contributed by atoms with Gasteiger partial charge in [-0.05, 0) is 37.3 Å². The Morgan fingerprint density at radius 1 is 1.35 bits per heavy atom. The van der Waals surface area contributed by atoms with E-state index in [1.807, 2.05) is 0 Å². The van der Waals surface area contributed by atoms with Gasteiger partial charge in [-0.2, -0.15) is 0 Å². The van der Waals surface area contributed by atoms with Crippen LogP contribution in [0.2, 0.25) is 0 Å². The van der Waals surface area contributed by atoms with Crippen LogP contribution in [0.3, 0.4) is 0 Å². The molecule has 1 saturated carbocycles. The van der Waals surface area contributed by atoms with Crippen molar-refractivity contribution >= 4 is 5.69 Å². The molecule has 3 heteroatoms. The maximum Gasteiger partial charge on any atom is 0.0503 e. The van der Waals surface area contributed by atoms with Gasteiger partial charge >= 0.3 is 0 Å². The van der Waals surface area contributed by atoms with E-state index < -0.39 is 0 Å². The zero-order valence-corrected chi connectivity index (χ0v) is 10.5. The lowest BCUT2D eigenvalue weighted by Gasteiger charge is -2.17. The van der Waals surface area contributed by atoms with Crippen molar-refractivity contribution in [1.82, 2.24) is 0 Å². The molecular formula is C14H22N2O. The maximum absolute atomic E-state index is 5.94. The Morgan fingerprint density at radius 2 is 2.18 bits per heavy atom. The highest BCUT2D eigenvalue weighted by atomic mass is 16.5. The first-order valence-corrected chi connectivity index (χ1v) is 6.38. The normalized spacial score (nSPS) is 23.9. The van der Waals surface area contributed by atoms with Crippen LogP contribution in [0.5, 0.6) is 0 Å². The number of anilines is 1. The summed E-state index contributed by atoms with van der Waals surface area (Å²) < 4.78 is 5.14. The number of nitrogens with one attached hydrogen (secondary N) is 1. The third-order valence-corrected chi connectivity index (χ3v) is 3.43. The molecule has 1 aliphatic rings. The van der Waals surface area contributed by atoms with E-state index in [0.29, 0.717) is 12.1 Å². The molecule has 3 nitrogen and oxygen atoms in total. The molecule has 1 aliphatic carbocycles. The summed E-state index contributed by atoms with van der Waals surface area (Å²) in [5, 5.41) is 3.61. The van der Waals surface area contributed by atoms with Crippen LogP contribution in [0.1, 0.15) is 24.8 Å². The van der Waals surface area contributed by atoms with Crippen molar-refractivity contribution in [3.8, 4) is 0 Å². The summed E-state index contributed by atoms with van der Waals surface area (Å²) in [4.78, 5) is 0. The van der Waals surface area contributed by atoms with Crippen molar-refractivity contribution in [3.63, 3.8) is 0 Å². The van der Waals surface area contributed by atoms with E-state index in [4.69, 9.17) is 10.5 Å². The van der Waals surface area contributed by atoms with Gasteiger partial charge in [0.2, 0.25) is 0 Å². The molecule has 0 amide bonds. The zero-order valence-electron chi connectivity index (χ0n) is 10.5. The number of methoxy groups -OCH3 is 1. The van der Waals surface area contributed by atoms with Crippen LogP contribution in [-0.4, -0.2) is 25.8 Å². The zero-order chi connectivity index (χ0) is 12.1. The predicted octanol–water partition coefficient (Wildman–Crippen LogP) is 2.17. The van der Waals surface area contributed by atoms with Crippen LogP contribution >= 0.6 is 0 Å². The van der Waals surface area contributed by atoms with E-state index in [-0.39, 0.29) is 0 Å². The second-order valence-electron chi connectivity index (χ2n) is 4.81. The van der Waals surface area contributed by atoms with Gasteiger partial charge in [0, 0.05) is 24.9 Å². The van der Waals surface area contributed by atoms with Crippen LogP contribution in [0.15, 0.2) is 24.3 Å². The Morgan fingerprint density at radius 3 is 2.88 bits per heavy atom. The third-order valence-electron chi connectivity index (χ3n) is 3.43. The fourth-order valence-corrected chi connectivity index (χ4v) is 2.46. The molecule has 17 heavy (non-hydrogen) atoms. The second kappa shape index (κ2) is 6.03. The molecule has 0 aromatic heterocycles. The summed E-state index contributed by atoms with van der Waals surface area (Å²) in [5.74, 6) is 0. The Bertz CT molecular complexity index is 354. The van der Waals surface area contributed by atoms with E-state index >= 15 is 0 Å². The molecule has 2 unspecified atom stereocenters. The van der Waals surface area contributed by atoms with Gasteiger partial charge in [-0.3, -0.25) is 0 Å². The molecule has 94 valence electrons. The lowest BCUT2D eigenvalue weighted by Crippen LogP contribution is -2.21. The first-order chi connectivity index (χ1) is 8.29. The van der Waals surface area contributed by atoms with Gasteiger partial charge in [0.15, 0.2) is 0 Å². The Labute approximate surface area is 103 Å². The Hall–Kier alpha value is -1.06. The minimum atomic E-state index is 0.374. The molecule has 3 N–H and O–H groups in total. The number of rotatable bonds is 5. The molecule has 1 aromatic rings. The molecule has 1 fully saturated rings. The van der Waals surface area contributed by atoms with Crippen molar-refractivity contribution in [2.45, 2.75) is 37.8 Å². The van der Waals surface area contributed by atoms with E-state index in [9.17, 15) is 0 Å². The third kappa shape index (κ3) is 3.45. The topological polar surface area (TPSA) is 47.3 Å². The molecule has 0 bridgehead atoms. The molecule has 1 aromatic carbocycles. The van der Waals surface area contributed by atoms with Gasteiger partial charge in [-0.15, -0.1) is 0 Å². The van der Waals surface area contributed by atoms with Gasteiger partial charge < -0.3 is 15.8 Å². The molecule has 0 aliphatic heterocycles. The summed E-state index contributed by atoms with van der Waals surface area (Å²) >= 11 is 0. The first kappa shape index (κ1) is 12.4. The molecule has 0 radical (unpaired) electrons. The van der Waals surface area contributed by atoms with Gasteiger partial charge in [0.25, 0.3) is 0 Å². The number of nitrogens with two attached hydrogens (primary N) is 1. The van der Waals surface area contributed by atoms with Crippen LogP contribution in [0, 0.1) is 0 Å². The largest absolute Gasteiger partial charge is 0.384 e. The minimum Gasteiger partial charge on any atom is -0.384 e. The average Bonchev–Trinajstić information content (AvgIpc) is 2.74. The van der Waals surface area contributed by atoms with Crippen LogP contribution in [-0.2, 0) is 11.2 Å². The number of hydrogen-bond donors (Lipinski definition) is 2. The Kier molecular flexibility index (Phi) is 4.40. The van der Waals surface area contributed by atoms with Crippen molar-refractivity contribution in [1.29, 1.82) is 0 Å². The van der Waals surface area contributed by atoms with Gasteiger partial charge in [0.05, 0.1) is 6.61 Å². The van der Waals surface area contributed by atoms with Crippen LogP contribution in [0.4, 0.5) is 5.69 Å². The fraction of sp³-hybridized carbons (Fsp3) is 0.571. The number of hydrogen-bond acceptors (Lipinski definition) is 3. The van der Waals surface area contributed by atoms with Crippen LogP contribution in [0.25, 0.3) is 0 Å². The second-order valence-corrected chi connectivity index (χ2v) is 4.81. The molecule has 0 heterocycles. The minimum absolute atomic E-state index is 0.374. The van der Waals surface area contributed by atoms with Crippen molar-refractivity contribution in [2.24, 2.45) is 5.73 Å². The summed E-state index contributed by atoms with van der Waals surface area (Å²) in [7, 11) is 1.74. The lowest BCUT2D eigenvalue weighted by atomic mass is 10.1. The molecule has 2 rings (SSSR count). The molecule has 0 spiro atoms. The Balaban J connectivity index is 1.99. The maximum atomic E-state index is 5.94. The standard InChI is InChI=1S/C14H22N2O/c1-17-9-8-11-4-2-3-5-14(11)16-13-7-6-12(15)10-13/h2-5,12-13,16H,6-10,15H2,1H3. The van der Waals surface area contributed by atoms with E-state index in [1.165, 1.54) is 17.7 Å². The SMILES string of the molecule is COCCc1ccccc1NC1CCC(N)C1. The number of benzene rings is 1. The van der Waals surface area contributed by atoms with E-state index in [0.717, 1.165) is 25.9 Å². The molecule has 0 saturated heterocycles. The van der Waals surface area contributed by atoms with E-state index in [1.54, 1.807) is 7.11 Å². The first-order valence-electron chi connectivity index (χ1n) is 6.38. The van der Waals surface area contributed by atoms with Crippen molar-refractivity contribution in [2.75, 3.05) is 19.0 Å². The van der Waals surface area contributed by atoms with Gasteiger partial charge in [-0.1, -0.05) is 18.2 Å².